The number of nitrogens with zero attached hydrogens (tertiary/aromatic N) is 6. The molecule has 0 saturated carbocycles. The summed E-state index contributed by atoms with van der Waals surface area (Å²) in [7, 11) is 8.00. The number of rotatable bonds is 15. The van der Waals surface area contributed by atoms with Gasteiger partial charge in [-0.15, -0.1) is 18.0 Å². The minimum atomic E-state index is -0.455. The number of carbonyl (C=O) groups is 3. The van der Waals surface area contributed by atoms with Gasteiger partial charge in [0.25, 0.3) is 0 Å². The fourth-order valence-corrected chi connectivity index (χ4v) is 10.3. The van der Waals surface area contributed by atoms with Crippen LogP contribution in [0.15, 0.2) is 184 Å². The number of aldehydes is 1. The number of benzene rings is 5. The monoisotopic (exact) mass is 1340 g/mol. The number of likely N-dealkylation sites (tertiary alicyclic amines) is 2. The Kier molecular flexibility index (Phi) is 46.1. The Morgan fingerprint density at radius 2 is 0.928 bits per heavy atom. The lowest BCUT2D eigenvalue weighted by atomic mass is 9.81. The number of ether oxygens (including phenoxy) is 2. The van der Waals surface area contributed by atoms with E-state index in [1.807, 2.05) is 126 Å². The second kappa shape index (κ2) is 50.3. The van der Waals surface area contributed by atoms with Crippen LogP contribution in [0.1, 0.15) is 168 Å². The Morgan fingerprint density at radius 3 is 1.28 bits per heavy atom. The van der Waals surface area contributed by atoms with Crippen LogP contribution in [-0.2, 0) is 56.0 Å². The Bertz CT molecular complexity index is 3040. The first-order chi connectivity index (χ1) is 45.3. The average Bonchev–Trinajstić information content (AvgIpc) is 1.70. The molecule has 2 amide bonds. The van der Waals surface area contributed by atoms with Crippen molar-refractivity contribution >= 4 is 76.8 Å². The van der Waals surface area contributed by atoms with E-state index in [-0.39, 0.29) is 51.8 Å². The number of hydrogen-bond donors (Lipinski definition) is 3. The van der Waals surface area contributed by atoms with Crippen LogP contribution in [0.25, 0.3) is 0 Å². The average molecular weight is 1340 g/mol. The van der Waals surface area contributed by atoms with Crippen molar-refractivity contribution in [1.29, 1.82) is 0 Å². The van der Waals surface area contributed by atoms with Crippen molar-refractivity contribution in [2.45, 2.75) is 194 Å². The van der Waals surface area contributed by atoms with Crippen molar-refractivity contribution < 1.29 is 43.9 Å². The number of oxime groups is 4. The molecule has 97 heavy (non-hydrogen) atoms. The fourth-order valence-electron chi connectivity index (χ4n) is 10.3. The molecular formula is C77H108B3ClN7O9. The van der Waals surface area contributed by atoms with E-state index in [0.29, 0.717) is 25.9 Å². The van der Waals surface area contributed by atoms with Gasteiger partial charge < -0.3 is 49.5 Å². The molecule has 5 aliphatic rings. The molecule has 16 nitrogen and oxygen atoms in total. The maximum absolute atomic E-state index is 12.2. The van der Waals surface area contributed by atoms with Gasteiger partial charge >= 0.3 is 12.2 Å². The zero-order valence-electron chi connectivity index (χ0n) is 57.0. The van der Waals surface area contributed by atoms with Crippen LogP contribution in [0.4, 0.5) is 9.59 Å². The van der Waals surface area contributed by atoms with Crippen molar-refractivity contribution in [3.8, 4) is 12.8 Å². The van der Waals surface area contributed by atoms with Gasteiger partial charge in [-0.3, -0.25) is 0 Å². The molecule has 0 atom stereocenters. The molecule has 5 aromatic rings. The molecule has 0 aliphatic carbocycles. The Morgan fingerprint density at radius 1 is 0.588 bits per heavy atom. The first kappa shape index (κ1) is 88.9. The molecular weight excluding hydrogens is 1230 g/mol. The topological polar surface area (TPSA) is 197 Å². The molecule has 3 N–H and O–H groups in total. The SMILES string of the molecule is C.C.C#C.C=C1CCN(C(=O)OC(C)(C)C)CC1.CC(C)(C)OC(=O)N1CCC2(CC1)CC(CCc1ccccc1)=NO2.O/N=C(\Cl)CCc1ccccc1.O/N=C/CCc1ccccc1.O=CCCc1ccccc1.[B].[B][B].c1ccc(CCC2=NOC3(CCNCC3)C2)cc1. The minimum Gasteiger partial charge on any atom is -0.444 e. The van der Waals surface area contributed by atoms with E-state index >= 15 is 0 Å². The highest BCUT2D eigenvalue weighted by molar-refractivity contribution is 6.75. The summed E-state index contributed by atoms with van der Waals surface area (Å²) in [6, 6.07) is 51.1. The van der Waals surface area contributed by atoms with Crippen molar-refractivity contribution in [2.24, 2.45) is 20.6 Å². The van der Waals surface area contributed by atoms with Crippen LogP contribution < -0.4 is 5.32 Å². The summed E-state index contributed by atoms with van der Waals surface area (Å²) in [5.41, 5.74) is 8.95. The maximum Gasteiger partial charge on any atom is 0.410 e. The van der Waals surface area contributed by atoms with Crippen LogP contribution in [-0.4, -0.2) is 147 Å². The third-order valence-electron chi connectivity index (χ3n) is 15.3. The van der Waals surface area contributed by atoms with Gasteiger partial charge in [0.15, 0.2) is 0 Å². The van der Waals surface area contributed by atoms with Crippen LogP contribution >= 0.6 is 11.6 Å². The van der Waals surface area contributed by atoms with Crippen molar-refractivity contribution in [1.82, 2.24) is 15.1 Å². The Hall–Kier alpha value is -8.07. The molecule has 7 radical (unpaired) electrons. The zero-order valence-corrected chi connectivity index (χ0v) is 57.7. The third kappa shape index (κ3) is 38.5. The van der Waals surface area contributed by atoms with Gasteiger partial charge in [0, 0.05) is 108 Å². The molecule has 2 spiro atoms. The third-order valence-corrected chi connectivity index (χ3v) is 15.6. The predicted molar refractivity (Wildman–Crippen MR) is 403 cm³/mol. The minimum absolute atomic E-state index is 0. The van der Waals surface area contributed by atoms with E-state index in [4.69, 9.17) is 41.2 Å². The van der Waals surface area contributed by atoms with Crippen LogP contribution in [0.5, 0.6) is 0 Å². The summed E-state index contributed by atoms with van der Waals surface area (Å²) in [5.74, 6) is 0. The molecule has 0 aromatic heterocycles. The van der Waals surface area contributed by atoms with E-state index in [1.165, 1.54) is 45.3 Å². The normalized spacial score (nSPS) is 15.3. The lowest BCUT2D eigenvalue weighted by Gasteiger charge is -2.37. The van der Waals surface area contributed by atoms with Gasteiger partial charge in [-0.05, 0) is 147 Å². The number of piperidine rings is 3. The van der Waals surface area contributed by atoms with Crippen molar-refractivity contribution in [2.75, 3.05) is 39.3 Å². The van der Waals surface area contributed by atoms with E-state index < -0.39 is 11.2 Å². The largest absolute Gasteiger partial charge is 0.444 e. The van der Waals surface area contributed by atoms with Gasteiger partial charge in [-0.1, -0.05) is 206 Å². The van der Waals surface area contributed by atoms with Gasteiger partial charge in [-0.2, -0.15) is 0 Å². The first-order valence-corrected chi connectivity index (χ1v) is 32.8. The lowest BCUT2D eigenvalue weighted by molar-refractivity contribution is -0.107. The van der Waals surface area contributed by atoms with E-state index in [0.717, 1.165) is 141 Å². The standard InChI is InChI=1S/C20H28N2O3.C15H20N2O.C11H19NO2.C9H10ClNO.C9H11NO.C9H10O.C2H2.2CH4.B2.B/c1-19(2,3)24-18(23)22-13-11-20(12-14-22)15-17(21-25-20)10-9-16-7-5-4-6-8-16;1-2-4-13(5-3-1)6-7-14-12-15(18-17-14)8-10-16-11-9-15;1-9-5-7-12(8-6-9)10(13)14-11(2,3)4;10-9(11-12)7-6-8-4-2-1-3-5-8;11-10-8-4-7-9-5-2-1-3-6-9;10-8-4-7-9-5-2-1-3-6-9;1-2;;;1-2;/h4-8H,9-15H2,1-3H3;1-5,16H,6-12H2;1,5-8H2,2-4H3;1-5,12H,6-7H2;1-3,5-6,8,11H,4,7H2;1-3,5-6,8H,4,7H2;1-2H;2*1H4;;/b;;;11-9-;10-8+;;;;;;. The molecule has 521 valence electrons. The van der Waals surface area contributed by atoms with Gasteiger partial charge in [0.2, 0.25) is 0 Å². The summed E-state index contributed by atoms with van der Waals surface area (Å²) in [6.45, 7) is 20.2. The highest BCUT2D eigenvalue weighted by Crippen LogP contribution is 2.36. The summed E-state index contributed by atoms with van der Waals surface area (Å²) in [6.07, 6.45) is 26.2. The first-order valence-electron chi connectivity index (χ1n) is 32.4. The van der Waals surface area contributed by atoms with Crippen LogP contribution in [0.3, 0.4) is 0 Å². The number of halogens is 1. The molecule has 20 heteroatoms. The molecule has 3 fully saturated rings. The number of carbonyl (C=O) groups excluding carboxylic acids is 3. The van der Waals surface area contributed by atoms with E-state index in [9.17, 15) is 14.4 Å². The summed E-state index contributed by atoms with van der Waals surface area (Å²) >= 11 is 5.52. The Balaban J connectivity index is 0.00000115. The summed E-state index contributed by atoms with van der Waals surface area (Å²) < 4.78 is 10.7. The van der Waals surface area contributed by atoms with Crippen molar-refractivity contribution in [3.63, 3.8) is 0 Å². The molecule has 10 rings (SSSR count). The summed E-state index contributed by atoms with van der Waals surface area (Å²) in [4.78, 5) is 48.8. The second-order valence-corrected chi connectivity index (χ2v) is 25.5. The number of amides is 2. The molecule has 0 bridgehead atoms. The number of terminal acetylenes is 1. The highest BCUT2D eigenvalue weighted by Gasteiger charge is 2.43. The quantitative estimate of drug-likeness (QED) is 0.0172. The number of aryl methyl sites for hydroxylation is 5. The van der Waals surface area contributed by atoms with Gasteiger partial charge in [0.1, 0.15) is 33.9 Å². The Labute approximate surface area is 591 Å². The maximum atomic E-state index is 12.2. The zero-order chi connectivity index (χ0) is 68.9. The van der Waals surface area contributed by atoms with Crippen LogP contribution in [0, 0.1) is 12.8 Å². The second-order valence-electron chi connectivity index (χ2n) is 25.1. The molecule has 0 unspecified atom stereocenters. The number of nitrogens with one attached hydrogen (secondary N) is 1. The molecule has 3 saturated heterocycles. The summed E-state index contributed by atoms with van der Waals surface area (Å²) in [5, 5.41) is 34.5. The lowest BCUT2D eigenvalue weighted by Crippen LogP contribution is -2.48. The van der Waals surface area contributed by atoms with E-state index in [1.54, 1.807) is 9.80 Å². The smallest absolute Gasteiger partial charge is 0.410 e. The fraction of sp³-hybridized carbons (Fsp3) is 0.468. The highest BCUT2D eigenvalue weighted by atomic mass is 35.5. The number of hydrogen-bond acceptors (Lipinski definition) is 14. The molecule has 5 heterocycles. The predicted octanol–water partition coefficient (Wildman–Crippen LogP) is 16.2. The van der Waals surface area contributed by atoms with Gasteiger partial charge in [-0.25, -0.2) is 9.59 Å². The van der Waals surface area contributed by atoms with Gasteiger partial charge in [0.05, 0.1) is 11.4 Å². The molecule has 5 aliphatic heterocycles. The van der Waals surface area contributed by atoms with Crippen molar-refractivity contribution in [3.05, 3.63) is 192 Å². The van der Waals surface area contributed by atoms with Crippen LogP contribution in [0.2, 0.25) is 0 Å². The molecule has 5 aromatic carbocycles. The van der Waals surface area contributed by atoms with E-state index in [2.05, 4.69) is 128 Å².